The van der Waals surface area contributed by atoms with E-state index >= 15 is 0 Å². The third-order valence-electron chi connectivity index (χ3n) is 4.73. The van der Waals surface area contributed by atoms with Crippen LogP contribution in [0.15, 0.2) is 35.6 Å². The van der Waals surface area contributed by atoms with Crippen LogP contribution in [0.3, 0.4) is 0 Å². The number of nitrogens with zero attached hydrogens (tertiary/aromatic N) is 4. The van der Waals surface area contributed by atoms with Gasteiger partial charge in [-0.25, -0.2) is 4.99 Å². The van der Waals surface area contributed by atoms with Gasteiger partial charge in [-0.15, -0.1) is 34.2 Å². The molecule has 2 N–H and O–H groups in total. The zero-order valence-electron chi connectivity index (χ0n) is 16.7. The van der Waals surface area contributed by atoms with Crippen molar-refractivity contribution in [2.75, 3.05) is 13.1 Å². The van der Waals surface area contributed by atoms with Crippen molar-refractivity contribution < 1.29 is 4.74 Å². The van der Waals surface area contributed by atoms with Crippen LogP contribution in [0, 0.1) is 0 Å². The topological polar surface area (TPSA) is 76.4 Å². The third-order valence-corrected chi connectivity index (χ3v) is 4.73. The van der Waals surface area contributed by atoms with E-state index in [0.717, 1.165) is 62.0 Å². The molecule has 0 saturated heterocycles. The summed E-state index contributed by atoms with van der Waals surface area (Å²) in [6, 6.07) is 8.19. The van der Waals surface area contributed by atoms with E-state index in [-0.39, 0.29) is 24.0 Å². The first-order valence-corrected chi connectivity index (χ1v) is 9.93. The Balaban J connectivity index is 0.00000280. The molecule has 1 aromatic heterocycles. The molecule has 1 aromatic carbocycles. The Morgan fingerprint density at radius 3 is 2.79 bits per heavy atom. The van der Waals surface area contributed by atoms with Crippen LogP contribution < -0.4 is 15.4 Å². The first-order valence-electron chi connectivity index (χ1n) is 9.93. The first-order chi connectivity index (χ1) is 13.3. The average molecular weight is 498 g/mol. The lowest BCUT2D eigenvalue weighted by Crippen LogP contribution is -2.39. The van der Waals surface area contributed by atoms with Gasteiger partial charge in [0.1, 0.15) is 17.9 Å². The number of rotatable bonds is 9. The number of halogens is 1. The van der Waals surface area contributed by atoms with Gasteiger partial charge in [0.15, 0.2) is 5.96 Å². The summed E-state index contributed by atoms with van der Waals surface area (Å²) in [6.07, 6.45) is 6.61. The zero-order chi connectivity index (χ0) is 18.9. The van der Waals surface area contributed by atoms with Crippen molar-refractivity contribution in [1.29, 1.82) is 0 Å². The minimum atomic E-state index is 0. The molecule has 28 heavy (non-hydrogen) atoms. The second kappa shape index (κ2) is 11.9. The smallest absolute Gasteiger partial charge is 0.191 e. The Morgan fingerprint density at radius 1 is 1.25 bits per heavy atom. The average Bonchev–Trinajstić information content (AvgIpc) is 3.11. The summed E-state index contributed by atoms with van der Waals surface area (Å²) in [4.78, 5) is 4.73. The fourth-order valence-corrected chi connectivity index (χ4v) is 2.96. The molecule has 0 amide bonds. The molecule has 7 nitrogen and oxygen atoms in total. The molecule has 1 saturated carbocycles. The Hall–Kier alpha value is -1.84. The van der Waals surface area contributed by atoms with E-state index in [1.165, 1.54) is 6.42 Å². The molecule has 1 heterocycles. The van der Waals surface area contributed by atoms with E-state index in [0.29, 0.717) is 12.6 Å². The van der Waals surface area contributed by atoms with Crippen LogP contribution >= 0.6 is 24.0 Å². The van der Waals surface area contributed by atoms with E-state index in [9.17, 15) is 0 Å². The van der Waals surface area contributed by atoms with Gasteiger partial charge in [0.05, 0.1) is 12.6 Å². The molecular weight excluding hydrogens is 467 g/mol. The number of benzene rings is 1. The first kappa shape index (κ1) is 22.4. The van der Waals surface area contributed by atoms with Crippen molar-refractivity contribution in [3.63, 3.8) is 0 Å². The highest BCUT2D eigenvalue weighted by Gasteiger charge is 2.20. The molecule has 0 spiro atoms. The summed E-state index contributed by atoms with van der Waals surface area (Å²) < 4.78 is 8.17. The van der Waals surface area contributed by atoms with E-state index in [4.69, 9.17) is 9.73 Å². The van der Waals surface area contributed by atoms with Gasteiger partial charge in [0.2, 0.25) is 0 Å². The Labute approximate surface area is 184 Å². The van der Waals surface area contributed by atoms with Crippen molar-refractivity contribution in [2.45, 2.75) is 58.7 Å². The van der Waals surface area contributed by atoms with Gasteiger partial charge in [0.25, 0.3) is 0 Å². The van der Waals surface area contributed by atoms with Gasteiger partial charge < -0.3 is 19.9 Å². The molecule has 1 fully saturated rings. The summed E-state index contributed by atoms with van der Waals surface area (Å²) in [5, 5.41) is 14.8. The fourth-order valence-electron chi connectivity index (χ4n) is 2.96. The second-order valence-corrected chi connectivity index (χ2v) is 6.69. The lowest BCUT2D eigenvalue weighted by atomic mass is 9.96. The van der Waals surface area contributed by atoms with Crippen LogP contribution in [-0.2, 0) is 19.5 Å². The molecule has 0 unspecified atom stereocenters. The van der Waals surface area contributed by atoms with Crippen LogP contribution in [0.4, 0.5) is 0 Å². The standard InChI is InChI=1S/C20H30N6O.HI/c1-3-19-25-24-15-26(19)13-12-22-20(21-4-2)23-14-16-8-5-6-11-18(16)27-17-9-7-10-17;/h5-6,8,11,15,17H,3-4,7,9-10,12-14H2,1-2H3,(H2,21,22,23);1H. The van der Waals surface area contributed by atoms with E-state index in [1.54, 1.807) is 6.33 Å². The maximum atomic E-state index is 6.10. The molecule has 0 atom stereocenters. The number of aliphatic imine (C=N–C) groups is 1. The van der Waals surface area contributed by atoms with Crippen LogP contribution in [0.25, 0.3) is 0 Å². The van der Waals surface area contributed by atoms with Gasteiger partial charge in [-0.2, -0.15) is 0 Å². The number of ether oxygens (including phenoxy) is 1. The summed E-state index contributed by atoms with van der Waals surface area (Å²) in [5.74, 6) is 2.77. The van der Waals surface area contributed by atoms with Crippen LogP contribution in [0.1, 0.15) is 44.5 Å². The lowest BCUT2D eigenvalue weighted by Gasteiger charge is -2.27. The van der Waals surface area contributed by atoms with Crippen molar-refractivity contribution in [3.05, 3.63) is 42.0 Å². The molecule has 0 bridgehead atoms. The van der Waals surface area contributed by atoms with E-state index < -0.39 is 0 Å². The molecular formula is C20H31IN6O. The molecule has 1 aliphatic rings. The van der Waals surface area contributed by atoms with Gasteiger partial charge >= 0.3 is 0 Å². The fraction of sp³-hybridized carbons (Fsp3) is 0.550. The normalized spacial score (nSPS) is 14.1. The number of nitrogens with one attached hydrogen (secondary N) is 2. The Kier molecular flexibility index (Phi) is 9.52. The minimum Gasteiger partial charge on any atom is -0.490 e. The van der Waals surface area contributed by atoms with Crippen LogP contribution in [0.5, 0.6) is 5.75 Å². The molecule has 2 aromatic rings. The summed E-state index contributed by atoms with van der Waals surface area (Å²) >= 11 is 0. The Bertz CT molecular complexity index is 744. The largest absolute Gasteiger partial charge is 0.490 e. The predicted molar refractivity (Wildman–Crippen MR) is 122 cm³/mol. The molecule has 3 rings (SSSR count). The molecule has 0 radical (unpaired) electrons. The lowest BCUT2D eigenvalue weighted by molar-refractivity contribution is 0.119. The summed E-state index contributed by atoms with van der Waals surface area (Å²) in [6.45, 7) is 7.13. The maximum absolute atomic E-state index is 6.10. The van der Waals surface area contributed by atoms with Gasteiger partial charge in [-0.3, -0.25) is 0 Å². The molecule has 8 heteroatoms. The van der Waals surface area contributed by atoms with E-state index in [1.807, 2.05) is 18.2 Å². The van der Waals surface area contributed by atoms with Crippen molar-refractivity contribution >= 4 is 29.9 Å². The maximum Gasteiger partial charge on any atom is 0.191 e. The Morgan fingerprint density at radius 2 is 2.07 bits per heavy atom. The predicted octanol–water partition coefficient (Wildman–Crippen LogP) is 3.15. The van der Waals surface area contributed by atoms with E-state index in [2.05, 4.69) is 45.3 Å². The quantitative estimate of drug-likeness (QED) is 0.316. The SMILES string of the molecule is CCNC(=NCc1ccccc1OC1CCC1)NCCn1cnnc1CC.I. The molecule has 154 valence electrons. The summed E-state index contributed by atoms with van der Waals surface area (Å²) in [5.41, 5.74) is 1.12. The monoisotopic (exact) mass is 498 g/mol. The van der Waals surface area contributed by atoms with Crippen molar-refractivity contribution in [3.8, 4) is 5.75 Å². The zero-order valence-corrected chi connectivity index (χ0v) is 19.1. The number of aromatic nitrogens is 3. The van der Waals surface area contributed by atoms with Crippen LogP contribution in [0.2, 0.25) is 0 Å². The number of guanidine groups is 1. The minimum absolute atomic E-state index is 0. The highest BCUT2D eigenvalue weighted by molar-refractivity contribution is 14.0. The highest BCUT2D eigenvalue weighted by Crippen LogP contribution is 2.27. The second-order valence-electron chi connectivity index (χ2n) is 6.69. The number of para-hydroxylation sites is 1. The van der Waals surface area contributed by atoms with Crippen molar-refractivity contribution in [1.82, 2.24) is 25.4 Å². The molecule has 0 aliphatic heterocycles. The highest BCUT2D eigenvalue weighted by atomic mass is 127. The number of hydrogen-bond donors (Lipinski definition) is 2. The molecule has 1 aliphatic carbocycles. The summed E-state index contributed by atoms with van der Waals surface area (Å²) in [7, 11) is 0. The van der Waals surface area contributed by atoms with Gasteiger partial charge in [0, 0.05) is 31.6 Å². The van der Waals surface area contributed by atoms with Crippen LogP contribution in [-0.4, -0.2) is 39.9 Å². The third kappa shape index (κ3) is 6.35. The number of aryl methyl sites for hydroxylation is 1. The van der Waals surface area contributed by atoms with Gasteiger partial charge in [-0.1, -0.05) is 25.1 Å². The van der Waals surface area contributed by atoms with Crippen molar-refractivity contribution in [2.24, 2.45) is 4.99 Å². The van der Waals surface area contributed by atoms with Gasteiger partial charge in [-0.05, 0) is 32.3 Å². The number of hydrogen-bond acceptors (Lipinski definition) is 4.